The second-order valence-corrected chi connectivity index (χ2v) is 5.05. The van der Waals surface area contributed by atoms with E-state index in [0.717, 1.165) is 36.1 Å². The molecule has 94 valence electrons. The minimum atomic E-state index is -0.0316. The summed E-state index contributed by atoms with van der Waals surface area (Å²) in [7, 11) is 0. The second-order valence-electron chi connectivity index (χ2n) is 4.30. The summed E-state index contributed by atoms with van der Waals surface area (Å²) in [6.45, 7) is 3.06. The Morgan fingerprint density at radius 2 is 2.33 bits per heavy atom. The first-order chi connectivity index (χ1) is 8.86. The van der Waals surface area contributed by atoms with Gasteiger partial charge >= 0.3 is 0 Å². The van der Waals surface area contributed by atoms with Gasteiger partial charge in [0.25, 0.3) is 0 Å². The maximum atomic E-state index is 5.86. The zero-order valence-corrected chi connectivity index (χ0v) is 11.0. The summed E-state index contributed by atoms with van der Waals surface area (Å²) in [6, 6.07) is 8.12. The fourth-order valence-corrected chi connectivity index (χ4v) is 2.63. The molecule has 2 aromatic rings. The van der Waals surface area contributed by atoms with Gasteiger partial charge in [0.05, 0.1) is 0 Å². The van der Waals surface area contributed by atoms with Crippen LogP contribution in [0.5, 0.6) is 5.75 Å². The summed E-state index contributed by atoms with van der Waals surface area (Å²) < 4.78 is 10.2. The molecule has 0 bridgehead atoms. The predicted octanol–water partition coefficient (Wildman–Crippen LogP) is 3.04. The highest BCUT2D eigenvalue weighted by molar-refractivity contribution is 7.09. The van der Waals surface area contributed by atoms with Crippen LogP contribution in [0.1, 0.15) is 30.8 Å². The third-order valence-electron chi connectivity index (χ3n) is 2.90. The van der Waals surface area contributed by atoms with Crippen molar-refractivity contribution < 1.29 is 4.74 Å². The molecule has 1 N–H and O–H groups in total. The van der Waals surface area contributed by atoms with Crippen molar-refractivity contribution in [3.05, 3.63) is 35.7 Å². The van der Waals surface area contributed by atoms with E-state index in [4.69, 9.17) is 4.74 Å². The van der Waals surface area contributed by atoms with Crippen LogP contribution in [-0.2, 0) is 6.42 Å². The molecule has 0 saturated heterocycles. The van der Waals surface area contributed by atoms with Crippen molar-refractivity contribution >= 4 is 16.7 Å². The van der Waals surface area contributed by atoms with Gasteiger partial charge in [-0.1, -0.05) is 25.1 Å². The molecule has 3 rings (SSSR count). The molecule has 1 unspecified atom stereocenters. The Bertz CT molecular complexity index is 516. The first-order valence-electron chi connectivity index (χ1n) is 6.19. The van der Waals surface area contributed by atoms with Crippen LogP contribution in [-0.4, -0.2) is 15.9 Å². The summed E-state index contributed by atoms with van der Waals surface area (Å²) >= 11 is 1.40. The predicted molar refractivity (Wildman–Crippen MR) is 72.2 cm³/mol. The van der Waals surface area contributed by atoms with Gasteiger partial charge in [-0.25, -0.2) is 0 Å². The molecule has 1 atom stereocenters. The molecule has 2 heterocycles. The molecular weight excluding hydrogens is 246 g/mol. The van der Waals surface area contributed by atoms with E-state index in [9.17, 15) is 0 Å². The SMILES string of the molecule is CCCNc1nc(C2Cc3ccccc3O2)ns1. The van der Waals surface area contributed by atoms with E-state index in [1.54, 1.807) is 0 Å². The molecule has 1 aromatic carbocycles. The third kappa shape index (κ3) is 2.18. The fourth-order valence-electron chi connectivity index (χ4n) is 2.00. The maximum Gasteiger partial charge on any atom is 0.202 e. The Hall–Kier alpha value is -1.62. The van der Waals surface area contributed by atoms with Gasteiger partial charge in [-0.2, -0.15) is 9.36 Å². The lowest BCUT2D eigenvalue weighted by atomic mass is 10.1. The van der Waals surface area contributed by atoms with Gasteiger partial charge in [-0.15, -0.1) is 0 Å². The summed E-state index contributed by atoms with van der Waals surface area (Å²) in [5.74, 6) is 1.75. The topological polar surface area (TPSA) is 47.0 Å². The van der Waals surface area contributed by atoms with Crippen molar-refractivity contribution in [3.63, 3.8) is 0 Å². The summed E-state index contributed by atoms with van der Waals surface area (Å²) in [6.07, 6.45) is 1.91. The highest BCUT2D eigenvalue weighted by atomic mass is 32.1. The number of nitrogens with one attached hydrogen (secondary N) is 1. The minimum Gasteiger partial charge on any atom is -0.482 e. The largest absolute Gasteiger partial charge is 0.482 e. The maximum absolute atomic E-state index is 5.86. The quantitative estimate of drug-likeness (QED) is 0.919. The van der Waals surface area contributed by atoms with E-state index in [1.165, 1.54) is 17.1 Å². The highest BCUT2D eigenvalue weighted by Gasteiger charge is 2.27. The van der Waals surface area contributed by atoms with Crippen LogP contribution in [0, 0.1) is 0 Å². The Kier molecular flexibility index (Phi) is 3.15. The van der Waals surface area contributed by atoms with Crippen LogP contribution in [0.3, 0.4) is 0 Å². The number of rotatable bonds is 4. The molecule has 0 fully saturated rings. The van der Waals surface area contributed by atoms with E-state index in [1.807, 2.05) is 18.2 Å². The molecule has 1 aromatic heterocycles. The number of ether oxygens (including phenoxy) is 1. The molecule has 1 aliphatic heterocycles. The Morgan fingerprint density at radius 1 is 1.44 bits per heavy atom. The van der Waals surface area contributed by atoms with Gasteiger partial charge < -0.3 is 10.1 Å². The number of hydrogen-bond donors (Lipinski definition) is 1. The lowest BCUT2D eigenvalue weighted by Gasteiger charge is -2.05. The monoisotopic (exact) mass is 261 g/mol. The molecule has 18 heavy (non-hydrogen) atoms. The average molecular weight is 261 g/mol. The standard InChI is InChI=1S/C13H15N3OS/c1-2-7-14-13-15-12(16-18-13)11-8-9-5-3-4-6-10(9)17-11/h3-6,11H,2,7-8H2,1H3,(H,14,15,16). The first-order valence-corrected chi connectivity index (χ1v) is 6.96. The van der Waals surface area contributed by atoms with Gasteiger partial charge in [0.15, 0.2) is 11.9 Å². The van der Waals surface area contributed by atoms with E-state index >= 15 is 0 Å². The van der Waals surface area contributed by atoms with Crippen LogP contribution in [0.15, 0.2) is 24.3 Å². The zero-order chi connectivity index (χ0) is 12.4. The van der Waals surface area contributed by atoms with Crippen molar-refractivity contribution in [3.8, 4) is 5.75 Å². The fraction of sp³-hybridized carbons (Fsp3) is 0.385. The minimum absolute atomic E-state index is 0.0316. The van der Waals surface area contributed by atoms with Crippen molar-refractivity contribution in [1.29, 1.82) is 0 Å². The van der Waals surface area contributed by atoms with Gasteiger partial charge in [0.1, 0.15) is 5.75 Å². The van der Waals surface area contributed by atoms with E-state index < -0.39 is 0 Å². The third-order valence-corrected chi connectivity index (χ3v) is 3.59. The molecular formula is C13H15N3OS. The van der Waals surface area contributed by atoms with E-state index in [2.05, 4.69) is 27.7 Å². The van der Waals surface area contributed by atoms with Gasteiger partial charge in [-0.3, -0.25) is 0 Å². The molecule has 0 aliphatic carbocycles. The summed E-state index contributed by atoms with van der Waals surface area (Å²) in [5, 5.41) is 4.13. The van der Waals surface area contributed by atoms with Crippen LogP contribution >= 0.6 is 11.5 Å². The number of anilines is 1. The Labute approximate surface area is 110 Å². The number of aromatic nitrogens is 2. The molecule has 1 aliphatic rings. The lowest BCUT2D eigenvalue weighted by molar-refractivity contribution is 0.229. The first kappa shape index (κ1) is 11.5. The van der Waals surface area contributed by atoms with Gasteiger partial charge in [0.2, 0.25) is 5.13 Å². The van der Waals surface area contributed by atoms with Crippen molar-refractivity contribution in [2.75, 3.05) is 11.9 Å². The number of para-hydroxylation sites is 1. The molecule has 4 nitrogen and oxygen atoms in total. The lowest BCUT2D eigenvalue weighted by Crippen LogP contribution is -2.06. The number of hydrogen-bond acceptors (Lipinski definition) is 5. The zero-order valence-electron chi connectivity index (χ0n) is 10.2. The van der Waals surface area contributed by atoms with Crippen LogP contribution in [0.4, 0.5) is 5.13 Å². The van der Waals surface area contributed by atoms with Crippen molar-refractivity contribution in [1.82, 2.24) is 9.36 Å². The van der Waals surface area contributed by atoms with Crippen LogP contribution in [0.25, 0.3) is 0 Å². The number of benzene rings is 1. The van der Waals surface area contributed by atoms with Crippen LogP contribution in [0.2, 0.25) is 0 Å². The van der Waals surface area contributed by atoms with E-state index in [-0.39, 0.29) is 6.10 Å². The second kappa shape index (κ2) is 4.94. The van der Waals surface area contributed by atoms with E-state index in [0.29, 0.717) is 0 Å². The molecule has 0 saturated carbocycles. The Balaban J connectivity index is 1.72. The molecule has 0 spiro atoms. The summed E-state index contributed by atoms with van der Waals surface area (Å²) in [4.78, 5) is 4.48. The highest BCUT2D eigenvalue weighted by Crippen LogP contribution is 2.35. The number of nitrogens with zero attached hydrogens (tertiary/aromatic N) is 2. The van der Waals surface area contributed by atoms with Gasteiger partial charge in [-0.05, 0) is 18.1 Å². The normalized spacial score (nSPS) is 17.3. The molecule has 0 radical (unpaired) electrons. The van der Waals surface area contributed by atoms with Crippen LogP contribution < -0.4 is 10.1 Å². The molecule has 0 amide bonds. The molecule has 5 heteroatoms. The smallest absolute Gasteiger partial charge is 0.202 e. The average Bonchev–Trinajstić information content (AvgIpc) is 3.02. The number of fused-ring (bicyclic) bond motifs is 1. The van der Waals surface area contributed by atoms with Crippen molar-refractivity contribution in [2.45, 2.75) is 25.9 Å². The van der Waals surface area contributed by atoms with Crippen molar-refractivity contribution in [2.24, 2.45) is 0 Å². The van der Waals surface area contributed by atoms with Gasteiger partial charge in [0, 0.05) is 24.5 Å². The summed E-state index contributed by atoms with van der Waals surface area (Å²) in [5.41, 5.74) is 1.24. The Morgan fingerprint density at radius 3 is 3.17 bits per heavy atom.